The molecule has 2 unspecified atom stereocenters. The van der Waals surface area contributed by atoms with E-state index in [2.05, 4.69) is 36.7 Å². The second-order valence-electron chi connectivity index (χ2n) is 5.99. The minimum atomic E-state index is 0.391. The number of nitrogens with two attached hydrogens (primary N) is 1. The highest BCUT2D eigenvalue weighted by molar-refractivity contribution is 5.45. The fourth-order valence-electron chi connectivity index (χ4n) is 2.92. The van der Waals surface area contributed by atoms with Gasteiger partial charge >= 0.3 is 0 Å². The molecule has 21 heavy (non-hydrogen) atoms. The maximum atomic E-state index is 5.50. The number of hydrogen-bond acceptors (Lipinski definition) is 3. The summed E-state index contributed by atoms with van der Waals surface area (Å²) >= 11 is 0. The van der Waals surface area contributed by atoms with Crippen LogP contribution in [0.5, 0.6) is 5.75 Å². The molecule has 1 aliphatic rings. The van der Waals surface area contributed by atoms with Gasteiger partial charge in [0.05, 0.1) is 13.7 Å². The lowest BCUT2D eigenvalue weighted by Crippen LogP contribution is -2.40. The molecule has 2 N–H and O–H groups in total. The molecule has 0 aromatic heterocycles. The van der Waals surface area contributed by atoms with Crippen molar-refractivity contribution in [3.8, 4) is 17.6 Å². The van der Waals surface area contributed by atoms with E-state index in [-0.39, 0.29) is 0 Å². The molecule has 1 aromatic carbocycles. The Balaban J connectivity index is 2.23. The summed E-state index contributed by atoms with van der Waals surface area (Å²) in [5, 5.41) is 0. The molecule has 1 saturated heterocycles. The van der Waals surface area contributed by atoms with Gasteiger partial charge in [-0.1, -0.05) is 18.8 Å². The molecule has 1 aromatic rings. The molecule has 0 bridgehead atoms. The monoisotopic (exact) mass is 286 g/mol. The first-order valence-corrected chi connectivity index (χ1v) is 7.74. The summed E-state index contributed by atoms with van der Waals surface area (Å²) < 4.78 is 5.36. The third-order valence-corrected chi connectivity index (χ3v) is 4.26. The molecule has 2 atom stereocenters. The van der Waals surface area contributed by atoms with Crippen molar-refractivity contribution in [3.05, 3.63) is 29.3 Å². The highest BCUT2D eigenvalue weighted by atomic mass is 16.5. The number of likely N-dealkylation sites (tertiary alicyclic amines) is 1. The van der Waals surface area contributed by atoms with Crippen molar-refractivity contribution in [1.29, 1.82) is 0 Å². The van der Waals surface area contributed by atoms with E-state index in [4.69, 9.17) is 10.5 Å². The van der Waals surface area contributed by atoms with Crippen molar-refractivity contribution >= 4 is 0 Å². The Kier molecular flexibility index (Phi) is 5.67. The highest BCUT2D eigenvalue weighted by Crippen LogP contribution is 2.25. The van der Waals surface area contributed by atoms with Crippen LogP contribution in [-0.2, 0) is 6.54 Å². The van der Waals surface area contributed by atoms with Crippen LogP contribution in [0.4, 0.5) is 0 Å². The van der Waals surface area contributed by atoms with Gasteiger partial charge in [-0.3, -0.25) is 4.90 Å². The fourth-order valence-corrected chi connectivity index (χ4v) is 2.92. The van der Waals surface area contributed by atoms with E-state index in [1.165, 1.54) is 18.4 Å². The molecule has 0 spiro atoms. The molecule has 1 aliphatic heterocycles. The van der Waals surface area contributed by atoms with Gasteiger partial charge in [-0.2, -0.15) is 0 Å². The first kappa shape index (κ1) is 15.9. The van der Waals surface area contributed by atoms with Crippen molar-refractivity contribution in [2.24, 2.45) is 11.7 Å². The van der Waals surface area contributed by atoms with Crippen molar-refractivity contribution in [2.45, 2.75) is 39.3 Å². The molecule has 0 radical (unpaired) electrons. The minimum absolute atomic E-state index is 0.391. The Morgan fingerprint density at radius 3 is 2.86 bits per heavy atom. The summed E-state index contributed by atoms with van der Waals surface area (Å²) in [5.74, 6) is 7.80. The highest BCUT2D eigenvalue weighted by Gasteiger charge is 2.23. The second-order valence-corrected chi connectivity index (χ2v) is 5.99. The molecule has 1 heterocycles. The van der Waals surface area contributed by atoms with Crippen LogP contribution in [0.25, 0.3) is 0 Å². The van der Waals surface area contributed by atoms with Gasteiger partial charge in [0.15, 0.2) is 0 Å². The molecule has 2 rings (SSSR count). The zero-order chi connectivity index (χ0) is 15.2. The lowest BCUT2D eigenvalue weighted by atomic mass is 9.94. The molecule has 0 aliphatic carbocycles. The maximum Gasteiger partial charge on any atom is 0.119 e. The summed E-state index contributed by atoms with van der Waals surface area (Å²) in [6, 6.07) is 6.73. The van der Waals surface area contributed by atoms with E-state index in [0.717, 1.165) is 30.3 Å². The molecular formula is C18H26N2O. The third kappa shape index (κ3) is 4.23. The van der Waals surface area contributed by atoms with E-state index < -0.39 is 0 Å². The van der Waals surface area contributed by atoms with Crippen LogP contribution < -0.4 is 10.5 Å². The molecule has 0 saturated carbocycles. The topological polar surface area (TPSA) is 38.5 Å². The van der Waals surface area contributed by atoms with Crippen molar-refractivity contribution in [3.63, 3.8) is 0 Å². The van der Waals surface area contributed by atoms with E-state index in [1.54, 1.807) is 7.11 Å². The zero-order valence-electron chi connectivity index (χ0n) is 13.4. The van der Waals surface area contributed by atoms with Crippen molar-refractivity contribution < 1.29 is 4.74 Å². The quantitative estimate of drug-likeness (QED) is 0.868. The van der Waals surface area contributed by atoms with E-state index >= 15 is 0 Å². The number of nitrogens with zero attached hydrogens (tertiary/aromatic N) is 1. The van der Waals surface area contributed by atoms with Crippen LogP contribution in [0.3, 0.4) is 0 Å². The van der Waals surface area contributed by atoms with Gasteiger partial charge in [-0.05, 0) is 49.4 Å². The average molecular weight is 286 g/mol. The van der Waals surface area contributed by atoms with Crippen molar-refractivity contribution in [1.82, 2.24) is 4.90 Å². The van der Waals surface area contributed by atoms with Gasteiger partial charge in [0.25, 0.3) is 0 Å². The van der Waals surface area contributed by atoms with Gasteiger partial charge in [0.1, 0.15) is 5.75 Å². The van der Waals surface area contributed by atoms with E-state index in [0.29, 0.717) is 12.6 Å². The van der Waals surface area contributed by atoms with Gasteiger partial charge in [-0.15, -0.1) is 0 Å². The van der Waals surface area contributed by atoms with Gasteiger partial charge in [0, 0.05) is 24.7 Å². The van der Waals surface area contributed by atoms with Crippen LogP contribution in [0, 0.1) is 17.8 Å². The largest absolute Gasteiger partial charge is 0.497 e. The maximum absolute atomic E-state index is 5.50. The Morgan fingerprint density at radius 1 is 1.33 bits per heavy atom. The Hall–Kier alpha value is -1.50. The molecule has 3 heteroatoms. The summed E-state index contributed by atoms with van der Waals surface area (Å²) in [6.07, 6.45) is 2.60. The van der Waals surface area contributed by atoms with Crippen LogP contribution in [0.2, 0.25) is 0 Å². The lowest BCUT2D eigenvalue weighted by Gasteiger charge is -2.37. The zero-order valence-corrected chi connectivity index (χ0v) is 13.4. The molecule has 1 fully saturated rings. The number of ether oxygens (including phenoxy) is 1. The van der Waals surface area contributed by atoms with Gasteiger partial charge in [-0.25, -0.2) is 0 Å². The normalized spacial score (nSPS) is 22.5. The Bertz CT molecular complexity index is 530. The second kappa shape index (κ2) is 7.49. The van der Waals surface area contributed by atoms with Crippen LogP contribution >= 0.6 is 0 Å². The van der Waals surface area contributed by atoms with Gasteiger partial charge in [0.2, 0.25) is 0 Å². The minimum Gasteiger partial charge on any atom is -0.497 e. The Morgan fingerprint density at radius 2 is 2.14 bits per heavy atom. The summed E-state index contributed by atoms with van der Waals surface area (Å²) in [4.78, 5) is 2.55. The smallest absolute Gasteiger partial charge is 0.119 e. The predicted octanol–water partition coefficient (Wildman–Crippen LogP) is 2.63. The average Bonchev–Trinajstić information content (AvgIpc) is 2.49. The van der Waals surface area contributed by atoms with Crippen LogP contribution in [-0.4, -0.2) is 31.1 Å². The summed E-state index contributed by atoms with van der Waals surface area (Å²) in [6.45, 7) is 7.12. The van der Waals surface area contributed by atoms with Crippen molar-refractivity contribution in [2.75, 3.05) is 20.2 Å². The SMILES string of the molecule is COc1ccc(C#CCN)c(CN2CC(C)CCC2C)c1. The molecule has 3 nitrogen and oxygen atoms in total. The van der Waals surface area contributed by atoms with E-state index in [1.807, 2.05) is 12.1 Å². The number of rotatable bonds is 3. The number of methoxy groups -OCH3 is 1. The summed E-state index contributed by atoms with van der Waals surface area (Å²) in [7, 11) is 1.70. The molecule has 0 amide bonds. The number of piperidine rings is 1. The number of benzene rings is 1. The fraction of sp³-hybridized carbons (Fsp3) is 0.556. The van der Waals surface area contributed by atoms with Crippen LogP contribution in [0.15, 0.2) is 18.2 Å². The molecular weight excluding hydrogens is 260 g/mol. The first-order valence-electron chi connectivity index (χ1n) is 7.74. The first-order chi connectivity index (χ1) is 10.1. The predicted molar refractivity (Wildman–Crippen MR) is 87.2 cm³/mol. The van der Waals surface area contributed by atoms with Crippen LogP contribution in [0.1, 0.15) is 37.8 Å². The Labute approximate surface area is 128 Å². The molecule has 114 valence electrons. The van der Waals surface area contributed by atoms with E-state index in [9.17, 15) is 0 Å². The summed E-state index contributed by atoms with van der Waals surface area (Å²) in [5.41, 5.74) is 7.79. The lowest BCUT2D eigenvalue weighted by molar-refractivity contribution is 0.117. The number of hydrogen-bond donors (Lipinski definition) is 1. The third-order valence-electron chi connectivity index (χ3n) is 4.26. The standard InChI is InChI=1S/C18H26N2O/c1-14-6-7-15(2)20(12-14)13-17-11-18(21-3)9-8-16(17)5-4-10-19/h8-9,11,14-15H,6-7,10,12-13,19H2,1-3H3. The van der Waals surface area contributed by atoms with Gasteiger partial charge < -0.3 is 10.5 Å².